The third-order valence-corrected chi connectivity index (χ3v) is 5.81. The summed E-state index contributed by atoms with van der Waals surface area (Å²) in [5.41, 5.74) is 1.41. The molecule has 2 heterocycles. The summed E-state index contributed by atoms with van der Waals surface area (Å²) >= 11 is 0. The fourth-order valence-electron chi connectivity index (χ4n) is 3.96. The lowest BCUT2D eigenvalue weighted by atomic mass is 9.96. The summed E-state index contributed by atoms with van der Waals surface area (Å²) < 4.78 is 21.6. The summed E-state index contributed by atoms with van der Waals surface area (Å²) in [5.74, 6) is 1.48. The van der Waals surface area contributed by atoms with Crippen molar-refractivity contribution in [2.45, 2.75) is 44.1 Å². The van der Waals surface area contributed by atoms with Gasteiger partial charge in [-0.1, -0.05) is 12.1 Å². The largest absolute Gasteiger partial charge is 0.497 e. The Morgan fingerprint density at radius 3 is 2.64 bits per heavy atom. The molecule has 2 aromatic carbocycles. The van der Waals surface area contributed by atoms with Gasteiger partial charge in [0, 0.05) is 12.1 Å². The van der Waals surface area contributed by atoms with Gasteiger partial charge in [-0.3, -0.25) is 9.59 Å². The molecular weight excluding hydrogens is 428 g/mol. The third-order valence-electron chi connectivity index (χ3n) is 5.81. The molecule has 0 aromatic heterocycles. The summed E-state index contributed by atoms with van der Waals surface area (Å²) in [6.45, 7) is 0.293. The van der Waals surface area contributed by atoms with E-state index in [9.17, 15) is 14.7 Å². The van der Waals surface area contributed by atoms with Crippen LogP contribution in [0.2, 0.25) is 0 Å². The number of benzene rings is 2. The van der Waals surface area contributed by atoms with Gasteiger partial charge in [0.1, 0.15) is 11.9 Å². The van der Waals surface area contributed by atoms with Crippen molar-refractivity contribution >= 4 is 11.8 Å². The van der Waals surface area contributed by atoms with Crippen molar-refractivity contribution in [2.75, 3.05) is 20.5 Å². The maximum Gasteiger partial charge on any atom is 0.251 e. The van der Waals surface area contributed by atoms with Crippen LogP contribution in [0.4, 0.5) is 0 Å². The highest BCUT2D eigenvalue weighted by Gasteiger charge is 2.33. The fraction of sp³-hybridized carbons (Fsp3) is 0.417. The van der Waals surface area contributed by atoms with Gasteiger partial charge >= 0.3 is 0 Å². The van der Waals surface area contributed by atoms with Gasteiger partial charge in [-0.2, -0.15) is 0 Å². The van der Waals surface area contributed by atoms with Crippen LogP contribution in [0.5, 0.6) is 17.2 Å². The smallest absolute Gasteiger partial charge is 0.251 e. The van der Waals surface area contributed by atoms with Crippen molar-refractivity contribution in [3.8, 4) is 17.2 Å². The molecule has 9 nitrogen and oxygen atoms in total. The number of hydrogen-bond acceptors (Lipinski definition) is 7. The predicted octanol–water partition coefficient (Wildman–Crippen LogP) is 1.77. The van der Waals surface area contributed by atoms with Crippen LogP contribution in [-0.4, -0.2) is 55.7 Å². The first-order valence-corrected chi connectivity index (χ1v) is 10.9. The first kappa shape index (κ1) is 22.9. The molecule has 0 aliphatic carbocycles. The van der Waals surface area contributed by atoms with Crippen LogP contribution in [0.1, 0.15) is 35.2 Å². The van der Waals surface area contributed by atoms with Gasteiger partial charge in [-0.25, -0.2) is 0 Å². The van der Waals surface area contributed by atoms with Crippen molar-refractivity contribution in [2.24, 2.45) is 0 Å². The maximum absolute atomic E-state index is 12.7. The number of hydrogen-bond donors (Lipinski definition) is 3. The summed E-state index contributed by atoms with van der Waals surface area (Å²) in [5, 5.41) is 15.6. The first-order valence-electron chi connectivity index (χ1n) is 10.9. The van der Waals surface area contributed by atoms with E-state index in [2.05, 4.69) is 10.6 Å². The van der Waals surface area contributed by atoms with Crippen LogP contribution in [-0.2, 0) is 16.1 Å². The summed E-state index contributed by atoms with van der Waals surface area (Å²) in [6, 6.07) is 12.1. The van der Waals surface area contributed by atoms with Gasteiger partial charge in [-0.05, 0) is 48.7 Å². The summed E-state index contributed by atoms with van der Waals surface area (Å²) in [7, 11) is 1.61. The van der Waals surface area contributed by atoms with Crippen LogP contribution in [0.25, 0.3) is 0 Å². The van der Waals surface area contributed by atoms with Gasteiger partial charge in [0.15, 0.2) is 11.5 Å². The first-order chi connectivity index (χ1) is 16.1. The molecule has 176 valence electrons. The van der Waals surface area contributed by atoms with E-state index in [0.29, 0.717) is 36.4 Å². The van der Waals surface area contributed by atoms with Gasteiger partial charge in [0.05, 0.1) is 32.3 Å². The van der Waals surface area contributed by atoms with Crippen molar-refractivity contribution in [3.05, 3.63) is 53.6 Å². The molecule has 2 aromatic rings. The number of rotatable bonds is 8. The molecule has 4 rings (SSSR count). The molecule has 2 amide bonds. The van der Waals surface area contributed by atoms with Gasteiger partial charge in [0.25, 0.3) is 5.91 Å². The highest BCUT2D eigenvalue weighted by molar-refractivity contribution is 5.95. The maximum atomic E-state index is 12.7. The third kappa shape index (κ3) is 5.74. The number of nitrogens with one attached hydrogen (secondary N) is 2. The molecule has 0 unspecified atom stereocenters. The van der Waals surface area contributed by atoms with Crippen molar-refractivity contribution < 1.29 is 33.6 Å². The number of carbonyl (C=O) groups excluding carboxylic acids is 2. The predicted molar refractivity (Wildman–Crippen MR) is 118 cm³/mol. The highest BCUT2D eigenvalue weighted by atomic mass is 16.7. The minimum Gasteiger partial charge on any atom is -0.497 e. The van der Waals surface area contributed by atoms with Gasteiger partial charge in [-0.15, -0.1) is 0 Å². The molecule has 2 aliphatic rings. The number of ether oxygens (including phenoxy) is 4. The lowest BCUT2D eigenvalue weighted by molar-refractivity contribution is -0.131. The second kappa shape index (κ2) is 10.5. The lowest BCUT2D eigenvalue weighted by Crippen LogP contribution is -2.51. The zero-order valence-corrected chi connectivity index (χ0v) is 18.4. The zero-order valence-electron chi connectivity index (χ0n) is 18.4. The molecule has 3 atom stereocenters. The van der Waals surface area contributed by atoms with Crippen LogP contribution in [0, 0.1) is 0 Å². The molecule has 0 radical (unpaired) electrons. The molecule has 0 spiro atoms. The van der Waals surface area contributed by atoms with Crippen LogP contribution in [0.15, 0.2) is 42.5 Å². The molecule has 1 saturated heterocycles. The quantitative estimate of drug-likeness (QED) is 0.555. The Labute approximate surface area is 192 Å². The van der Waals surface area contributed by atoms with E-state index in [1.54, 1.807) is 25.3 Å². The van der Waals surface area contributed by atoms with Crippen LogP contribution in [0.3, 0.4) is 0 Å². The second-order valence-electron chi connectivity index (χ2n) is 8.03. The van der Waals surface area contributed by atoms with Crippen LogP contribution < -0.4 is 24.8 Å². The number of amides is 2. The minimum atomic E-state index is -0.587. The fourth-order valence-corrected chi connectivity index (χ4v) is 3.96. The van der Waals surface area contributed by atoms with Crippen molar-refractivity contribution in [1.29, 1.82) is 0 Å². The van der Waals surface area contributed by atoms with Crippen LogP contribution >= 0.6 is 0 Å². The molecule has 33 heavy (non-hydrogen) atoms. The monoisotopic (exact) mass is 456 g/mol. The molecule has 9 heteroatoms. The standard InChI is InChI=1S/C24H28N2O7/c1-30-17-5-2-15(3-6-17)12-25-23(28)11-18-7-8-19(22(13-27)33-18)26-24(29)16-4-9-20-21(10-16)32-14-31-20/h2-6,9-10,18-19,22,27H,7-8,11-14H2,1H3,(H,25,28)(H,26,29)/t18-,19-,22+/m0/s1. The second-order valence-corrected chi connectivity index (χ2v) is 8.03. The Balaban J connectivity index is 1.25. The number of fused-ring (bicyclic) bond motifs is 1. The zero-order chi connectivity index (χ0) is 23.2. The summed E-state index contributed by atoms with van der Waals surface area (Å²) in [6.07, 6.45) is 0.471. The van der Waals surface area contributed by atoms with E-state index < -0.39 is 6.10 Å². The SMILES string of the molecule is COc1ccc(CNC(=O)C[C@@H]2CC[C@H](NC(=O)c3ccc4c(c3)OCO4)[C@@H](CO)O2)cc1. The Bertz CT molecular complexity index is 979. The van der Waals surface area contributed by atoms with Gasteiger partial charge in [0.2, 0.25) is 12.7 Å². The van der Waals surface area contributed by atoms with E-state index in [-0.39, 0.29) is 43.8 Å². The number of methoxy groups -OCH3 is 1. The number of carbonyl (C=O) groups is 2. The Morgan fingerprint density at radius 1 is 1.09 bits per heavy atom. The number of aliphatic hydroxyl groups excluding tert-OH is 1. The highest BCUT2D eigenvalue weighted by Crippen LogP contribution is 2.32. The molecule has 2 aliphatic heterocycles. The van der Waals surface area contributed by atoms with E-state index in [4.69, 9.17) is 18.9 Å². The van der Waals surface area contributed by atoms with Gasteiger partial charge < -0.3 is 34.7 Å². The molecular formula is C24H28N2O7. The molecule has 3 N–H and O–H groups in total. The van der Waals surface area contributed by atoms with E-state index >= 15 is 0 Å². The molecule has 0 saturated carbocycles. The molecule has 0 bridgehead atoms. The van der Waals surface area contributed by atoms with E-state index in [0.717, 1.165) is 11.3 Å². The molecule has 1 fully saturated rings. The van der Waals surface area contributed by atoms with Crippen molar-refractivity contribution in [1.82, 2.24) is 10.6 Å². The topological polar surface area (TPSA) is 115 Å². The average molecular weight is 456 g/mol. The Morgan fingerprint density at radius 2 is 1.88 bits per heavy atom. The number of aliphatic hydroxyl groups is 1. The Hall–Kier alpha value is -3.30. The summed E-state index contributed by atoms with van der Waals surface area (Å²) in [4.78, 5) is 25.0. The lowest BCUT2D eigenvalue weighted by Gasteiger charge is -2.36. The van der Waals surface area contributed by atoms with Crippen molar-refractivity contribution in [3.63, 3.8) is 0 Å². The Kier molecular flexibility index (Phi) is 7.31. The normalized spacial score (nSPS) is 21.3. The van der Waals surface area contributed by atoms with E-state index in [1.807, 2.05) is 24.3 Å². The minimum absolute atomic E-state index is 0.129. The van der Waals surface area contributed by atoms with E-state index in [1.165, 1.54) is 0 Å². The average Bonchev–Trinajstić information content (AvgIpc) is 3.32.